The van der Waals surface area contributed by atoms with E-state index in [-0.39, 0.29) is 11.1 Å². The van der Waals surface area contributed by atoms with Crippen molar-refractivity contribution in [3.63, 3.8) is 0 Å². The summed E-state index contributed by atoms with van der Waals surface area (Å²) >= 11 is 0. The van der Waals surface area contributed by atoms with E-state index in [1.807, 2.05) is 31.2 Å². The first-order chi connectivity index (χ1) is 9.66. The largest absolute Gasteiger partial charge is 0.456 e. The molecule has 98 valence electrons. The minimum Gasteiger partial charge on any atom is -0.456 e. The summed E-state index contributed by atoms with van der Waals surface area (Å²) in [6, 6.07) is 9.18. The Bertz CT molecular complexity index is 1100. The van der Waals surface area contributed by atoms with Crippen molar-refractivity contribution in [2.24, 2.45) is 0 Å². The number of aryl methyl sites for hydroxylation is 1. The van der Waals surface area contributed by atoms with Crippen LogP contribution in [0, 0.1) is 6.92 Å². The molecule has 2 N–H and O–H groups in total. The summed E-state index contributed by atoms with van der Waals surface area (Å²) < 4.78 is 5.82. The van der Waals surface area contributed by atoms with Gasteiger partial charge in [-0.3, -0.25) is 19.8 Å². The van der Waals surface area contributed by atoms with E-state index in [1.54, 1.807) is 6.07 Å². The molecule has 0 radical (unpaired) electrons. The number of aromatic amines is 2. The topological polar surface area (TPSA) is 78.9 Å². The number of benzene rings is 2. The van der Waals surface area contributed by atoms with Crippen LogP contribution in [-0.4, -0.2) is 10.2 Å². The van der Waals surface area contributed by atoms with E-state index in [0.29, 0.717) is 27.3 Å². The number of aromatic nitrogens is 2. The smallest absolute Gasteiger partial charge is 0.271 e. The first-order valence-electron chi connectivity index (χ1n) is 6.22. The molecule has 0 saturated heterocycles. The Morgan fingerprint density at radius 2 is 1.70 bits per heavy atom. The molecular formula is C15H10N2O3. The fourth-order valence-electron chi connectivity index (χ4n) is 2.72. The second-order valence-corrected chi connectivity index (χ2v) is 4.83. The molecule has 5 heteroatoms. The summed E-state index contributed by atoms with van der Waals surface area (Å²) in [6.07, 6.45) is 0. The average molecular weight is 266 g/mol. The summed E-state index contributed by atoms with van der Waals surface area (Å²) in [5.74, 6) is 0. The zero-order chi connectivity index (χ0) is 13.9. The maximum absolute atomic E-state index is 12.1. The number of H-pyrrole nitrogens is 2. The summed E-state index contributed by atoms with van der Waals surface area (Å²) in [5.41, 5.74) is 1.55. The molecule has 5 nitrogen and oxygen atoms in total. The third kappa shape index (κ3) is 1.26. The zero-order valence-corrected chi connectivity index (χ0v) is 10.6. The molecule has 0 fully saturated rings. The molecule has 0 aliphatic heterocycles. The first-order valence-corrected chi connectivity index (χ1v) is 6.22. The summed E-state index contributed by atoms with van der Waals surface area (Å²) in [4.78, 5) is 24.1. The van der Waals surface area contributed by atoms with E-state index in [1.165, 1.54) is 0 Å². The Kier molecular flexibility index (Phi) is 1.99. The lowest BCUT2D eigenvalue weighted by Gasteiger charge is -2.00. The number of rotatable bonds is 0. The molecular weight excluding hydrogens is 256 g/mol. The number of hydrogen-bond acceptors (Lipinski definition) is 3. The lowest BCUT2D eigenvalue weighted by Crippen LogP contribution is -2.19. The Hall–Kier alpha value is -2.82. The van der Waals surface area contributed by atoms with E-state index in [0.717, 1.165) is 10.9 Å². The minimum atomic E-state index is -0.323. The highest BCUT2D eigenvalue weighted by atomic mass is 16.3. The van der Waals surface area contributed by atoms with E-state index >= 15 is 0 Å². The molecule has 4 aromatic rings. The predicted molar refractivity (Wildman–Crippen MR) is 77.2 cm³/mol. The molecule has 2 aromatic heterocycles. The van der Waals surface area contributed by atoms with Crippen molar-refractivity contribution in [3.05, 3.63) is 56.6 Å². The molecule has 0 saturated carbocycles. The molecule has 0 aliphatic carbocycles. The van der Waals surface area contributed by atoms with Crippen molar-refractivity contribution < 1.29 is 4.42 Å². The van der Waals surface area contributed by atoms with Gasteiger partial charge in [-0.15, -0.1) is 0 Å². The van der Waals surface area contributed by atoms with Crippen LogP contribution in [0.3, 0.4) is 0 Å². The lowest BCUT2D eigenvalue weighted by atomic mass is 10.0. The predicted octanol–water partition coefficient (Wildman–Crippen LogP) is 2.42. The normalized spacial score (nSPS) is 11.7. The Morgan fingerprint density at radius 3 is 2.55 bits per heavy atom. The van der Waals surface area contributed by atoms with Gasteiger partial charge < -0.3 is 4.42 Å². The summed E-state index contributed by atoms with van der Waals surface area (Å²) in [6.45, 7) is 1.87. The number of furan rings is 1. The van der Waals surface area contributed by atoms with Crippen LogP contribution >= 0.6 is 0 Å². The number of fused-ring (bicyclic) bond motifs is 5. The molecule has 0 atom stereocenters. The highest BCUT2D eigenvalue weighted by Gasteiger charge is 2.16. The standard InChI is InChI=1S/C15H10N2O3/c1-7-6-9-12(15(19)17-16-14(9)18)11-8-4-2-3-5-10(8)20-13(7)11/h2-6H,1H3,(H,16,18)(H,17,19). The van der Waals surface area contributed by atoms with Gasteiger partial charge in [0.25, 0.3) is 11.1 Å². The van der Waals surface area contributed by atoms with Gasteiger partial charge in [-0.05, 0) is 24.6 Å². The molecule has 2 aromatic carbocycles. The fourth-order valence-corrected chi connectivity index (χ4v) is 2.72. The van der Waals surface area contributed by atoms with Gasteiger partial charge in [0, 0.05) is 10.8 Å². The van der Waals surface area contributed by atoms with Gasteiger partial charge in [0.2, 0.25) is 0 Å². The van der Waals surface area contributed by atoms with Crippen LogP contribution in [0.25, 0.3) is 32.7 Å². The van der Waals surface area contributed by atoms with E-state index in [9.17, 15) is 9.59 Å². The van der Waals surface area contributed by atoms with Gasteiger partial charge in [-0.2, -0.15) is 0 Å². The number of para-hydroxylation sites is 1. The quantitative estimate of drug-likeness (QED) is 0.513. The molecule has 0 aliphatic rings. The maximum Gasteiger partial charge on any atom is 0.271 e. The summed E-state index contributed by atoms with van der Waals surface area (Å²) in [5, 5.41) is 7.02. The van der Waals surface area contributed by atoms with Gasteiger partial charge in [0.1, 0.15) is 11.2 Å². The van der Waals surface area contributed by atoms with Gasteiger partial charge in [-0.1, -0.05) is 18.2 Å². The second-order valence-electron chi connectivity index (χ2n) is 4.83. The Labute approximate surface area is 111 Å². The van der Waals surface area contributed by atoms with Crippen LogP contribution in [0.4, 0.5) is 0 Å². The molecule has 4 rings (SSSR count). The molecule has 20 heavy (non-hydrogen) atoms. The van der Waals surface area contributed by atoms with Crippen molar-refractivity contribution in [1.29, 1.82) is 0 Å². The highest BCUT2D eigenvalue weighted by molar-refractivity contribution is 6.19. The Balaban J connectivity index is 2.50. The maximum atomic E-state index is 12.1. The monoisotopic (exact) mass is 266 g/mol. The van der Waals surface area contributed by atoms with E-state index in [4.69, 9.17) is 4.42 Å². The van der Waals surface area contributed by atoms with Crippen LogP contribution in [-0.2, 0) is 0 Å². The highest BCUT2D eigenvalue weighted by Crippen LogP contribution is 2.34. The Morgan fingerprint density at radius 1 is 0.950 bits per heavy atom. The van der Waals surface area contributed by atoms with Crippen molar-refractivity contribution in [2.75, 3.05) is 0 Å². The lowest BCUT2D eigenvalue weighted by molar-refractivity contribution is 0.666. The van der Waals surface area contributed by atoms with Crippen molar-refractivity contribution in [3.8, 4) is 0 Å². The van der Waals surface area contributed by atoms with Crippen LogP contribution in [0.15, 0.2) is 44.3 Å². The average Bonchev–Trinajstić information content (AvgIpc) is 2.83. The molecule has 0 spiro atoms. The minimum absolute atomic E-state index is 0.310. The first kappa shape index (κ1) is 11.0. The fraction of sp³-hybridized carbons (Fsp3) is 0.0667. The van der Waals surface area contributed by atoms with E-state index in [2.05, 4.69) is 10.2 Å². The van der Waals surface area contributed by atoms with Crippen molar-refractivity contribution in [1.82, 2.24) is 10.2 Å². The number of hydrogen-bond donors (Lipinski definition) is 2. The molecule has 0 amide bonds. The van der Waals surface area contributed by atoms with Crippen molar-refractivity contribution in [2.45, 2.75) is 6.92 Å². The zero-order valence-electron chi connectivity index (χ0n) is 10.6. The molecule has 0 unspecified atom stereocenters. The number of nitrogens with one attached hydrogen (secondary N) is 2. The van der Waals surface area contributed by atoms with E-state index < -0.39 is 0 Å². The van der Waals surface area contributed by atoms with Crippen LogP contribution in [0.5, 0.6) is 0 Å². The van der Waals surface area contributed by atoms with Gasteiger partial charge in [-0.25, -0.2) is 0 Å². The second kappa shape index (κ2) is 3.60. The SMILES string of the molecule is Cc1cc2c(=O)[nH][nH]c(=O)c2c2c1oc1ccccc12. The summed E-state index contributed by atoms with van der Waals surface area (Å²) in [7, 11) is 0. The third-order valence-corrected chi connectivity index (χ3v) is 3.60. The van der Waals surface area contributed by atoms with Crippen LogP contribution in [0.1, 0.15) is 5.56 Å². The van der Waals surface area contributed by atoms with Crippen molar-refractivity contribution >= 4 is 32.7 Å². The van der Waals surface area contributed by atoms with Gasteiger partial charge >= 0.3 is 0 Å². The van der Waals surface area contributed by atoms with Crippen LogP contribution < -0.4 is 11.1 Å². The van der Waals surface area contributed by atoms with Gasteiger partial charge in [0.05, 0.1) is 10.8 Å². The third-order valence-electron chi connectivity index (χ3n) is 3.60. The van der Waals surface area contributed by atoms with Crippen LogP contribution in [0.2, 0.25) is 0 Å². The molecule has 2 heterocycles. The van der Waals surface area contributed by atoms with Gasteiger partial charge in [0.15, 0.2) is 0 Å². The molecule has 0 bridgehead atoms.